The molecule has 1 aliphatic heterocycles. The third-order valence-corrected chi connectivity index (χ3v) is 3.98. The topological polar surface area (TPSA) is 97.0 Å². The van der Waals surface area contributed by atoms with Crippen molar-refractivity contribution in [2.75, 3.05) is 26.3 Å². The maximum absolute atomic E-state index is 12.1. The first-order valence-corrected chi connectivity index (χ1v) is 9.05. The van der Waals surface area contributed by atoms with Crippen LogP contribution in [-0.4, -0.2) is 61.3 Å². The van der Waals surface area contributed by atoms with Crippen molar-refractivity contribution in [1.29, 1.82) is 0 Å². The molecule has 1 aliphatic rings. The van der Waals surface area contributed by atoms with E-state index >= 15 is 0 Å². The van der Waals surface area contributed by atoms with Crippen LogP contribution >= 0.6 is 0 Å². The van der Waals surface area contributed by atoms with Crippen LogP contribution in [0.3, 0.4) is 0 Å². The molecule has 2 rings (SSSR count). The van der Waals surface area contributed by atoms with Crippen molar-refractivity contribution >= 4 is 17.9 Å². The Morgan fingerprint density at radius 2 is 1.96 bits per heavy atom. The van der Waals surface area contributed by atoms with Crippen molar-refractivity contribution in [3.8, 4) is 0 Å². The molecular formula is C19H27N3O5. The summed E-state index contributed by atoms with van der Waals surface area (Å²) < 4.78 is 10.5. The Balaban J connectivity index is 1.77. The van der Waals surface area contributed by atoms with Gasteiger partial charge in [0.1, 0.15) is 0 Å². The van der Waals surface area contributed by atoms with Crippen LogP contribution in [0.15, 0.2) is 24.3 Å². The third-order valence-electron chi connectivity index (χ3n) is 3.98. The van der Waals surface area contributed by atoms with Gasteiger partial charge in [-0.15, -0.1) is 0 Å². The zero-order valence-corrected chi connectivity index (χ0v) is 16.0. The highest BCUT2D eigenvalue weighted by Crippen LogP contribution is 2.08. The van der Waals surface area contributed by atoms with Gasteiger partial charge in [-0.3, -0.25) is 4.79 Å². The summed E-state index contributed by atoms with van der Waals surface area (Å²) in [4.78, 5) is 37.4. The maximum atomic E-state index is 12.1. The van der Waals surface area contributed by atoms with Gasteiger partial charge in [-0.1, -0.05) is 12.1 Å². The first-order chi connectivity index (χ1) is 12.8. The predicted octanol–water partition coefficient (Wildman–Crippen LogP) is 1.30. The van der Waals surface area contributed by atoms with Gasteiger partial charge < -0.3 is 25.0 Å². The minimum atomic E-state index is -0.554. The second-order valence-electron chi connectivity index (χ2n) is 6.78. The number of morpholine rings is 1. The second-order valence-corrected chi connectivity index (χ2v) is 6.78. The monoisotopic (exact) mass is 377 g/mol. The number of nitrogens with zero attached hydrogens (tertiary/aromatic N) is 1. The Morgan fingerprint density at radius 3 is 2.59 bits per heavy atom. The van der Waals surface area contributed by atoms with Crippen molar-refractivity contribution in [1.82, 2.24) is 15.5 Å². The highest BCUT2D eigenvalue weighted by molar-refractivity contribution is 5.91. The van der Waals surface area contributed by atoms with Crippen LogP contribution < -0.4 is 10.6 Å². The fourth-order valence-electron chi connectivity index (χ4n) is 2.60. The zero-order valence-electron chi connectivity index (χ0n) is 16.0. The Bertz CT molecular complexity index is 660. The Kier molecular flexibility index (Phi) is 7.60. The number of amides is 3. The van der Waals surface area contributed by atoms with E-state index in [2.05, 4.69) is 10.6 Å². The van der Waals surface area contributed by atoms with Gasteiger partial charge in [-0.05, 0) is 38.5 Å². The van der Waals surface area contributed by atoms with E-state index in [0.29, 0.717) is 31.8 Å². The molecule has 8 nitrogen and oxygen atoms in total. The summed E-state index contributed by atoms with van der Waals surface area (Å²) in [7, 11) is 0. The molecule has 27 heavy (non-hydrogen) atoms. The number of hydrogen-bond acceptors (Lipinski definition) is 5. The average molecular weight is 377 g/mol. The van der Waals surface area contributed by atoms with E-state index in [9.17, 15) is 14.4 Å². The van der Waals surface area contributed by atoms with Crippen LogP contribution in [-0.2, 0) is 20.8 Å². The normalized spacial score (nSPS) is 16.7. The highest BCUT2D eigenvalue weighted by atomic mass is 16.5. The molecule has 0 spiro atoms. The van der Waals surface area contributed by atoms with Crippen LogP contribution in [0.2, 0.25) is 0 Å². The van der Waals surface area contributed by atoms with Crippen molar-refractivity contribution in [2.24, 2.45) is 0 Å². The standard InChI is InChI=1S/C19H27N3O5/c1-13(2)21-19(25)20-10-15-4-6-16(7-5-15)18(24)27-12-17(23)22-8-9-26-14(3)11-22/h4-7,13-14H,8-12H2,1-3H3,(H2,20,21,25)/t14-/m1/s1. The van der Waals surface area contributed by atoms with E-state index in [1.807, 2.05) is 20.8 Å². The number of carbonyl (C=O) groups is 3. The highest BCUT2D eigenvalue weighted by Gasteiger charge is 2.22. The summed E-state index contributed by atoms with van der Waals surface area (Å²) in [5, 5.41) is 5.46. The lowest BCUT2D eigenvalue weighted by Gasteiger charge is -2.30. The first-order valence-electron chi connectivity index (χ1n) is 9.05. The third kappa shape index (κ3) is 6.90. The molecule has 0 radical (unpaired) electrons. The molecular weight excluding hydrogens is 350 g/mol. The molecule has 3 amide bonds. The quantitative estimate of drug-likeness (QED) is 0.729. The smallest absolute Gasteiger partial charge is 0.338 e. The van der Waals surface area contributed by atoms with Crippen molar-refractivity contribution in [2.45, 2.75) is 39.5 Å². The van der Waals surface area contributed by atoms with Crippen molar-refractivity contribution in [3.63, 3.8) is 0 Å². The van der Waals surface area contributed by atoms with E-state index in [1.165, 1.54) is 0 Å². The van der Waals surface area contributed by atoms with Crippen LogP contribution in [0, 0.1) is 0 Å². The number of benzene rings is 1. The number of hydrogen-bond donors (Lipinski definition) is 2. The lowest BCUT2D eigenvalue weighted by Crippen LogP contribution is -2.46. The Morgan fingerprint density at radius 1 is 1.26 bits per heavy atom. The minimum Gasteiger partial charge on any atom is -0.452 e. The molecule has 1 aromatic carbocycles. The molecule has 1 saturated heterocycles. The molecule has 8 heteroatoms. The lowest BCUT2D eigenvalue weighted by atomic mass is 10.1. The first kappa shape index (κ1) is 20.7. The number of rotatable bonds is 6. The fraction of sp³-hybridized carbons (Fsp3) is 0.526. The van der Waals surface area contributed by atoms with Gasteiger partial charge in [0.25, 0.3) is 5.91 Å². The summed E-state index contributed by atoms with van der Waals surface area (Å²) in [6, 6.07) is 6.51. The molecule has 148 valence electrons. The van der Waals surface area contributed by atoms with Gasteiger partial charge in [0, 0.05) is 25.7 Å². The van der Waals surface area contributed by atoms with E-state index in [0.717, 1.165) is 5.56 Å². The average Bonchev–Trinajstić information content (AvgIpc) is 2.64. The molecule has 0 bridgehead atoms. The number of nitrogens with one attached hydrogen (secondary N) is 2. The van der Waals surface area contributed by atoms with E-state index in [-0.39, 0.29) is 30.7 Å². The minimum absolute atomic E-state index is 0.0119. The zero-order chi connectivity index (χ0) is 19.8. The number of ether oxygens (including phenoxy) is 2. The molecule has 0 aliphatic carbocycles. The molecule has 2 N–H and O–H groups in total. The van der Waals surface area contributed by atoms with E-state index in [1.54, 1.807) is 29.2 Å². The fourth-order valence-corrected chi connectivity index (χ4v) is 2.60. The Hall–Kier alpha value is -2.61. The molecule has 0 saturated carbocycles. The van der Waals surface area contributed by atoms with Gasteiger partial charge in [0.2, 0.25) is 0 Å². The lowest BCUT2D eigenvalue weighted by molar-refractivity contribution is -0.141. The molecule has 1 aromatic rings. The SMILES string of the molecule is CC(C)NC(=O)NCc1ccc(C(=O)OCC(=O)N2CCO[C@H](C)C2)cc1. The maximum Gasteiger partial charge on any atom is 0.338 e. The van der Waals surface area contributed by atoms with Gasteiger partial charge in [-0.2, -0.15) is 0 Å². The summed E-state index contributed by atoms with van der Waals surface area (Å²) in [5.74, 6) is -0.780. The summed E-state index contributed by atoms with van der Waals surface area (Å²) >= 11 is 0. The summed E-state index contributed by atoms with van der Waals surface area (Å²) in [6.45, 7) is 7.22. The molecule has 0 unspecified atom stereocenters. The van der Waals surface area contributed by atoms with Crippen molar-refractivity contribution in [3.05, 3.63) is 35.4 Å². The molecule has 1 fully saturated rings. The second kappa shape index (κ2) is 9.91. The molecule has 0 aromatic heterocycles. The summed E-state index contributed by atoms with van der Waals surface area (Å²) in [5.41, 5.74) is 1.21. The van der Waals surface area contributed by atoms with Crippen molar-refractivity contribution < 1.29 is 23.9 Å². The van der Waals surface area contributed by atoms with E-state index < -0.39 is 5.97 Å². The van der Waals surface area contributed by atoms with E-state index in [4.69, 9.17) is 9.47 Å². The predicted molar refractivity (Wildman–Crippen MR) is 99.2 cm³/mol. The van der Waals surface area contributed by atoms with Crippen LogP contribution in [0.25, 0.3) is 0 Å². The van der Waals surface area contributed by atoms with Gasteiger partial charge in [-0.25, -0.2) is 9.59 Å². The molecule has 1 atom stereocenters. The van der Waals surface area contributed by atoms with Crippen LogP contribution in [0.1, 0.15) is 36.7 Å². The number of urea groups is 1. The van der Waals surface area contributed by atoms with Gasteiger partial charge in [0.15, 0.2) is 6.61 Å². The van der Waals surface area contributed by atoms with Crippen LogP contribution in [0.4, 0.5) is 4.79 Å². The molecule has 1 heterocycles. The largest absolute Gasteiger partial charge is 0.452 e. The number of esters is 1. The van der Waals surface area contributed by atoms with Gasteiger partial charge in [0.05, 0.1) is 18.3 Å². The number of carbonyl (C=O) groups excluding carboxylic acids is 3. The summed E-state index contributed by atoms with van der Waals surface area (Å²) in [6.07, 6.45) is -0.0119. The Labute approximate surface area is 159 Å². The van der Waals surface area contributed by atoms with Crippen LogP contribution in [0.5, 0.6) is 0 Å². The van der Waals surface area contributed by atoms with Gasteiger partial charge >= 0.3 is 12.0 Å².